The van der Waals surface area contributed by atoms with Gasteiger partial charge in [0.2, 0.25) is 0 Å². The Bertz CT molecular complexity index is 287. The highest BCUT2D eigenvalue weighted by atomic mass is 16.4. The zero-order valence-electron chi connectivity index (χ0n) is 9.16. The number of nitrogens with one attached hydrogen (secondary N) is 2. The van der Waals surface area contributed by atoms with E-state index in [1.54, 1.807) is 0 Å². The van der Waals surface area contributed by atoms with E-state index in [0.29, 0.717) is 12.6 Å². The third-order valence-electron chi connectivity index (χ3n) is 1.68. The molecule has 0 unspecified atom stereocenters. The summed E-state index contributed by atoms with van der Waals surface area (Å²) in [6, 6.07) is -0.615. The Balaban J connectivity index is 3.70. The summed E-state index contributed by atoms with van der Waals surface area (Å²) in [6.07, 6.45) is 4.35. The Morgan fingerprint density at radius 3 is 2.44 bits per heavy atom. The Hall–Kier alpha value is -1.85. The quantitative estimate of drug-likeness (QED) is 0.459. The second-order valence-corrected chi connectivity index (χ2v) is 3.12. The van der Waals surface area contributed by atoms with Crippen LogP contribution in [0.1, 0.15) is 26.2 Å². The van der Waals surface area contributed by atoms with Crippen molar-refractivity contribution < 1.29 is 19.5 Å². The van der Waals surface area contributed by atoms with Crippen molar-refractivity contribution >= 4 is 17.9 Å². The van der Waals surface area contributed by atoms with Crippen molar-refractivity contribution in [1.82, 2.24) is 10.6 Å². The SMILES string of the molecule is CCCCCNC(=O)NC(=O)/C=C/C(=O)O. The molecule has 0 aliphatic carbocycles. The van der Waals surface area contributed by atoms with Crippen LogP contribution in [0.15, 0.2) is 12.2 Å². The fraction of sp³-hybridized carbons (Fsp3) is 0.500. The minimum absolute atomic E-state index is 0.496. The summed E-state index contributed by atoms with van der Waals surface area (Å²) in [5.41, 5.74) is 0. The molecule has 0 fully saturated rings. The number of imide groups is 1. The lowest BCUT2D eigenvalue weighted by atomic mass is 10.2. The molecule has 0 saturated carbocycles. The first-order valence-corrected chi connectivity index (χ1v) is 5.06. The third-order valence-corrected chi connectivity index (χ3v) is 1.68. The first-order valence-electron chi connectivity index (χ1n) is 5.06. The lowest BCUT2D eigenvalue weighted by molar-refractivity contribution is -0.131. The fourth-order valence-electron chi connectivity index (χ4n) is 0.922. The lowest BCUT2D eigenvalue weighted by Crippen LogP contribution is -2.39. The molecule has 16 heavy (non-hydrogen) atoms. The number of carboxylic acids is 1. The number of amides is 3. The number of hydrogen-bond donors (Lipinski definition) is 3. The van der Waals surface area contributed by atoms with Crippen molar-refractivity contribution in [1.29, 1.82) is 0 Å². The van der Waals surface area contributed by atoms with Gasteiger partial charge < -0.3 is 10.4 Å². The van der Waals surface area contributed by atoms with E-state index in [9.17, 15) is 14.4 Å². The summed E-state index contributed by atoms with van der Waals surface area (Å²) >= 11 is 0. The maximum Gasteiger partial charge on any atom is 0.328 e. The van der Waals surface area contributed by atoms with E-state index >= 15 is 0 Å². The molecule has 0 heterocycles. The molecular weight excluding hydrogens is 212 g/mol. The molecule has 0 saturated heterocycles. The molecule has 0 rings (SSSR count). The van der Waals surface area contributed by atoms with Crippen molar-refractivity contribution in [3.05, 3.63) is 12.2 Å². The molecular formula is C10H16N2O4. The van der Waals surface area contributed by atoms with Crippen LogP contribution in [-0.2, 0) is 9.59 Å². The molecule has 0 aliphatic heterocycles. The zero-order valence-corrected chi connectivity index (χ0v) is 9.16. The van der Waals surface area contributed by atoms with E-state index in [0.717, 1.165) is 25.3 Å². The molecule has 0 radical (unpaired) electrons. The minimum atomic E-state index is -1.24. The maximum absolute atomic E-state index is 11.0. The van der Waals surface area contributed by atoms with Crippen molar-refractivity contribution in [2.24, 2.45) is 0 Å². The van der Waals surface area contributed by atoms with Crippen LogP contribution >= 0.6 is 0 Å². The highest BCUT2D eigenvalue weighted by Gasteiger charge is 2.03. The molecule has 90 valence electrons. The number of rotatable bonds is 6. The molecule has 0 aliphatic rings. The Morgan fingerprint density at radius 1 is 1.19 bits per heavy atom. The van der Waals surface area contributed by atoms with Crippen LogP contribution in [-0.4, -0.2) is 29.6 Å². The molecule has 0 aromatic carbocycles. The molecule has 3 amide bonds. The van der Waals surface area contributed by atoms with Gasteiger partial charge in [-0.2, -0.15) is 0 Å². The summed E-state index contributed by atoms with van der Waals surface area (Å²) in [5, 5.41) is 12.7. The Labute approximate surface area is 93.7 Å². The van der Waals surface area contributed by atoms with Gasteiger partial charge in [-0.3, -0.25) is 10.1 Å². The Kier molecular flexibility index (Phi) is 7.48. The van der Waals surface area contributed by atoms with Crippen LogP contribution in [0.2, 0.25) is 0 Å². The van der Waals surface area contributed by atoms with Crippen molar-refractivity contribution in [2.75, 3.05) is 6.54 Å². The smallest absolute Gasteiger partial charge is 0.328 e. The van der Waals surface area contributed by atoms with Gasteiger partial charge in [-0.15, -0.1) is 0 Å². The number of carbonyl (C=O) groups is 3. The van der Waals surface area contributed by atoms with E-state index in [2.05, 4.69) is 5.32 Å². The topological polar surface area (TPSA) is 95.5 Å². The van der Waals surface area contributed by atoms with Crippen LogP contribution in [0.25, 0.3) is 0 Å². The molecule has 6 nitrogen and oxygen atoms in total. The van der Waals surface area contributed by atoms with Gasteiger partial charge in [-0.05, 0) is 6.42 Å². The maximum atomic E-state index is 11.0. The average molecular weight is 228 g/mol. The van der Waals surface area contributed by atoms with E-state index < -0.39 is 17.9 Å². The van der Waals surface area contributed by atoms with Crippen LogP contribution in [0.3, 0.4) is 0 Å². The van der Waals surface area contributed by atoms with Crippen LogP contribution in [0.4, 0.5) is 4.79 Å². The number of unbranched alkanes of at least 4 members (excludes halogenated alkanes) is 2. The minimum Gasteiger partial charge on any atom is -0.478 e. The van der Waals surface area contributed by atoms with E-state index in [1.807, 2.05) is 12.2 Å². The second-order valence-electron chi connectivity index (χ2n) is 3.12. The lowest BCUT2D eigenvalue weighted by Gasteiger charge is -2.03. The van der Waals surface area contributed by atoms with E-state index in [-0.39, 0.29) is 0 Å². The van der Waals surface area contributed by atoms with Crippen LogP contribution in [0.5, 0.6) is 0 Å². The average Bonchev–Trinajstić information content (AvgIpc) is 2.21. The monoisotopic (exact) mass is 228 g/mol. The predicted octanol–water partition coefficient (Wildman–Crippen LogP) is 0.643. The molecule has 0 spiro atoms. The van der Waals surface area contributed by atoms with Crippen LogP contribution in [0, 0.1) is 0 Å². The summed E-state index contributed by atoms with van der Waals surface area (Å²) in [4.78, 5) is 32.0. The standard InChI is InChI=1S/C10H16N2O4/c1-2-3-4-7-11-10(16)12-8(13)5-6-9(14)15/h5-6H,2-4,7H2,1H3,(H,14,15)(H2,11,12,13,16)/b6-5+. The normalized spacial score (nSPS) is 10.1. The van der Waals surface area contributed by atoms with Gasteiger partial charge in [0.05, 0.1) is 0 Å². The summed E-state index contributed by atoms with van der Waals surface area (Å²) in [5.74, 6) is -1.99. The van der Waals surface area contributed by atoms with E-state index in [4.69, 9.17) is 5.11 Å². The number of urea groups is 1. The predicted molar refractivity (Wildman–Crippen MR) is 57.8 cm³/mol. The van der Waals surface area contributed by atoms with Gasteiger partial charge in [0, 0.05) is 18.7 Å². The third kappa shape index (κ3) is 8.74. The van der Waals surface area contributed by atoms with Crippen LogP contribution < -0.4 is 10.6 Å². The molecule has 0 bridgehead atoms. The van der Waals surface area contributed by atoms with Gasteiger partial charge in [0.1, 0.15) is 0 Å². The highest BCUT2D eigenvalue weighted by Crippen LogP contribution is 1.90. The van der Waals surface area contributed by atoms with E-state index in [1.165, 1.54) is 0 Å². The summed E-state index contributed by atoms with van der Waals surface area (Å²) < 4.78 is 0. The fourth-order valence-corrected chi connectivity index (χ4v) is 0.922. The first-order chi connectivity index (χ1) is 7.56. The number of carboxylic acid groups (broad SMARTS) is 1. The highest BCUT2D eigenvalue weighted by molar-refractivity contribution is 6.02. The Morgan fingerprint density at radius 2 is 1.88 bits per heavy atom. The molecule has 3 N–H and O–H groups in total. The van der Waals surface area contributed by atoms with Gasteiger partial charge in [-0.25, -0.2) is 9.59 Å². The number of carbonyl (C=O) groups excluding carboxylic acids is 2. The second kappa shape index (κ2) is 8.46. The molecule has 0 atom stereocenters. The van der Waals surface area contributed by atoms with Gasteiger partial charge >= 0.3 is 12.0 Å². The van der Waals surface area contributed by atoms with Gasteiger partial charge in [0.15, 0.2) is 0 Å². The summed E-state index contributed by atoms with van der Waals surface area (Å²) in [7, 11) is 0. The number of aliphatic carboxylic acids is 1. The molecule has 6 heteroatoms. The summed E-state index contributed by atoms with van der Waals surface area (Å²) in [6.45, 7) is 2.54. The number of hydrogen-bond acceptors (Lipinski definition) is 3. The van der Waals surface area contributed by atoms with Crippen molar-refractivity contribution in [2.45, 2.75) is 26.2 Å². The van der Waals surface area contributed by atoms with Gasteiger partial charge in [-0.1, -0.05) is 19.8 Å². The first kappa shape index (κ1) is 14.2. The van der Waals surface area contributed by atoms with Gasteiger partial charge in [0.25, 0.3) is 5.91 Å². The largest absolute Gasteiger partial charge is 0.478 e. The van der Waals surface area contributed by atoms with Crippen molar-refractivity contribution in [3.63, 3.8) is 0 Å². The molecule has 0 aromatic rings. The zero-order chi connectivity index (χ0) is 12.4. The van der Waals surface area contributed by atoms with Crippen molar-refractivity contribution in [3.8, 4) is 0 Å². The molecule has 0 aromatic heterocycles.